The van der Waals surface area contributed by atoms with Gasteiger partial charge in [0.1, 0.15) is 5.82 Å². The highest BCUT2D eigenvalue weighted by atomic mass is 35.5. The topological polar surface area (TPSA) is 57.3 Å². The summed E-state index contributed by atoms with van der Waals surface area (Å²) in [4.78, 5) is 18.3. The third-order valence-electron chi connectivity index (χ3n) is 3.34. The van der Waals surface area contributed by atoms with Crippen LogP contribution in [0.1, 0.15) is 31.1 Å². The van der Waals surface area contributed by atoms with Gasteiger partial charge in [-0.05, 0) is 40.9 Å². The molecule has 0 saturated heterocycles. The summed E-state index contributed by atoms with van der Waals surface area (Å²) in [6.45, 7) is 7.36. The Morgan fingerprint density at radius 2 is 2.10 bits per heavy atom. The van der Waals surface area contributed by atoms with E-state index in [1.54, 1.807) is 6.07 Å². The third kappa shape index (κ3) is 4.35. The van der Waals surface area contributed by atoms with Gasteiger partial charge in [-0.25, -0.2) is 4.98 Å². The summed E-state index contributed by atoms with van der Waals surface area (Å²) in [7, 11) is 3.96. The fourth-order valence-electron chi connectivity index (χ4n) is 1.42. The average molecular weight is 299 g/mol. The highest BCUT2D eigenvalue weighted by Crippen LogP contribution is 2.20. The average Bonchev–Trinajstić information content (AvgIpc) is 2.38. The molecule has 0 atom stereocenters. The minimum absolute atomic E-state index is 0.114. The zero-order valence-corrected chi connectivity index (χ0v) is 13.5. The molecule has 0 aliphatic rings. The number of halogens is 1. The molecule has 1 aromatic rings. The van der Waals surface area contributed by atoms with Crippen molar-refractivity contribution < 1.29 is 4.79 Å². The van der Waals surface area contributed by atoms with Crippen molar-refractivity contribution in [3.8, 4) is 0 Å². The van der Waals surface area contributed by atoms with Crippen LogP contribution < -0.4 is 10.6 Å². The molecule has 0 bridgehead atoms. The van der Waals surface area contributed by atoms with Gasteiger partial charge in [0, 0.05) is 24.8 Å². The fourth-order valence-corrected chi connectivity index (χ4v) is 1.65. The number of pyridine rings is 1. The minimum atomic E-state index is -0.169. The molecule has 1 heterocycles. The van der Waals surface area contributed by atoms with E-state index in [1.165, 1.54) is 6.20 Å². The quantitative estimate of drug-likeness (QED) is 0.846. The van der Waals surface area contributed by atoms with E-state index in [-0.39, 0.29) is 11.4 Å². The molecule has 1 amide bonds. The van der Waals surface area contributed by atoms with Crippen LogP contribution >= 0.6 is 11.6 Å². The summed E-state index contributed by atoms with van der Waals surface area (Å²) in [5, 5.41) is 6.38. The lowest BCUT2D eigenvalue weighted by Crippen LogP contribution is -2.48. The van der Waals surface area contributed by atoms with Crippen LogP contribution in [-0.2, 0) is 0 Å². The SMILES string of the molecule is CCNc1ncc(C(=O)NCC(C)(C)N(C)C)cc1Cl. The number of carbonyl (C=O) groups excluding carboxylic acids is 1. The summed E-state index contributed by atoms with van der Waals surface area (Å²) in [6, 6.07) is 1.63. The number of likely N-dealkylation sites (N-methyl/N-ethyl adjacent to an activating group) is 1. The number of rotatable bonds is 6. The van der Waals surface area contributed by atoms with Crippen LogP contribution in [-0.4, -0.2) is 48.5 Å². The molecule has 0 fully saturated rings. The molecule has 0 radical (unpaired) electrons. The van der Waals surface area contributed by atoms with E-state index in [0.717, 1.165) is 6.54 Å². The Balaban J connectivity index is 2.71. The lowest BCUT2D eigenvalue weighted by atomic mass is 10.0. The van der Waals surface area contributed by atoms with Gasteiger partial charge in [-0.3, -0.25) is 4.79 Å². The number of carbonyl (C=O) groups is 1. The van der Waals surface area contributed by atoms with Gasteiger partial charge in [-0.15, -0.1) is 0 Å². The van der Waals surface area contributed by atoms with Gasteiger partial charge in [0.25, 0.3) is 5.91 Å². The highest BCUT2D eigenvalue weighted by molar-refractivity contribution is 6.33. The zero-order chi connectivity index (χ0) is 15.3. The molecule has 1 aromatic heterocycles. The Hall–Kier alpha value is -1.33. The second kappa shape index (κ2) is 6.90. The number of aromatic nitrogens is 1. The largest absolute Gasteiger partial charge is 0.369 e. The first-order valence-electron chi connectivity index (χ1n) is 6.63. The first-order valence-corrected chi connectivity index (χ1v) is 7.00. The van der Waals surface area contributed by atoms with E-state index in [1.807, 2.05) is 21.0 Å². The monoisotopic (exact) mass is 298 g/mol. The summed E-state index contributed by atoms with van der Waals surface area (Å²) >= 11 is 6.08. The number of hydrogen-bond acceptors (Lipinski definition) is 4. The van der Waals surface area contributed by atoms with E-state index in [0.29, 0.717) is 22.9 Å². The Morgan fingerprint density at radius 1 is 1.45 bits per heavy atom. The van der Waals surface area contributed by atoms with Crippen molar-refractivity contribution in [3.05, 3.63) is 22.8 Å². The van der Waals surface area contributed by atoms with Crippen molar-refractivity contribution >= 4 is 23.3 Å². The molecule has 0 saturated carbocycles. The molecule has 112 valence electrons. The first kappa shape index (κ1) is 16.7. The highest BCUT2D eigenvalue weighted by Gasteiger charge is 2.21. The smallest absolute Gasteiger partial charge is 0.252 e. The Labute approximate surface area is 125 Å². The van der Waals surface area contributed by atoms with E-state index >= 15 is 0 Å². The summed E-state index contributed by atoms with van der Waals surface area (Å²) in [6.07, 6.45) is 1.53. The number of nitrogens with one attached hydrogen (secondary N) is 2. The van der Waals surface area contributed by atoms with Gasteiger partial charge in [0.2, 0.25) is 0 Å². The van der Waals surface area contributed by atoms with Gasteiger partial charge in [-0.1, -0.05) is 11.6 Å². The standard InChI is InChI=1S/C14H23ClN4O/c1-6-16-12-11(15)7-10(8-17-12)13(20)18-9-14(2,3)19(4)5/h7-8H,6,9H2,1-5H3,(H,16,17)(H,18,20). The van der Waals surface area contributed by atoms with Crippen LogP contribution in [0.15, 0.2) is 12.3 Å². The van der Waals surface area contributed by atoms with Crippen LogP contribution in [0.5, 0.6) is 0 Å². The molecule has 2 N–H and O–H groups in total. The van der Waals surface area contributed by atoms with Crippen molar-refractivity contribution in [3.63, 3.8) is 0 Å². The van der Waals surface area contributed by atoms with Gasteiger partial charge in [-0.2, -0.15) is 0 Å². The lowest BCUT2D eigenvalue weighted by Gasteiger charge is -2.32. The molecule has 20 heavy (non-hydrogen) atoms. The van der Waals surface area contributed by atoms with E-state index in [9.17, 15) is 4.79 Å². The molecule has 1 rings (SSSR count). The number of hydrogen-bond donors (Lipinski definition) is 2. The van der Waals surface area contributed by atoms with Crippen LogP contribution in [0.3, 0.4) is 0 Å². The van der Waals surface area contributed by atoms with Gasteiger partial charge < -0.3 is 15.5 Å². The molecule has 5 nitrogen and oxygen atoms in total. The lowest BCUT2D eigenvalue weighted by molar-refractivity contribution is 0.0919. The Bertz CT molecular complexity index is 474. The van der Waals surface area contributed by atoms with E-state index < -0.39 is 0 Å². The second-order valence-electron chi connectivity index (χ2n) is 5.47. The van der Waals surface area contributed by atoms with E-state index in [4.69, 9.17) is 11.6 Å². The van der Waals surface area contributed by atoms with Crippen LogP contribution in [0.25, 0.3) is 0 Å². The predicted octanol–water partition coefficient (Wildman–Crippen LogP) is 2.24. The molecule has 0 aromatic carbocycles. The zero-order valence-electron chi connectivity index (χ0n) is 12.7. The summed E-state index contributed by atoms with van der Waals surface area (Å²) in [5.41, 5.74) is 0.350. The fraction of sp³-hybridized carbons (Fsp3) is 0.571. The maximum absolute atomic E-state index is 12.1. The molecular weight excluding hydrogens is 276 g/mol. The third-order valence-corrected chi connectivity index (χ3v) is 3.63. The van der Waals surface area contributed by atoms with Crippen molar-refractivity contribution in [2.24, 2.45) is 0 Å². The van der Waals surface area contributed by atoms with Gasteiger partial charge >= 0.3 is 0 Å². The normalized spacial score (nSPS) is 11.6. The first-order chi connectivity index (χ1) is 9.27. The Morgan fingerprint density at radius 3 is 2.60 bits per heavy atom. The number of amides is 1. The van der Waals surface area contributed by atoms with Crippen LogP contribution in [0, 0.1) is 0 Å². The maximum Gasteiger partial charge on any atom is 0.252 e. The maximum atomic E-state index is 12.1. The Kier molecular flexibility index (Phi) is 5.77. The summed E-state index contributed by atoms with van der Waals surface area (Å²) < 4.78 is 0. The van der Waals surface area contributed by atoms with Gasteiger partial charge in [0.15, 0.2) is 0 Å². The number of nitrogens with zero attached hydrogens (tertiary/aromatic N) is 2. The minimum Gasteiger partial charge on any atom is -0.369 e. The van der Waals surface area contributed by atoms with Crippen molar-refractivity contribution in [1.82, 2.24) is 15.2 Å². The molecule has 0 unspecified atom stereocenters. The molecule has 0 spiro atoms. The van der Waals surface area contributed by atoms with Crippen molar-refractivity contribution in [1.29, 1.82) is 0 Å². The van der Waals surface area contributed by atoms with E-state index in [2.05, 4.69) is 34.4 Å². The predicted molar refractivity (Wildman–Crippen MR) is 83.5 cm³/mol. The molecule has 0 aliphatic carbocycles. The molecular formula is C14H23ClN4O. The second-order valence-corrected chi connectivity index (χ2v) is 5.88. The van der Waals surface area contributed by atoms with Gasteiger partial charge in [0.05, 0.1) is 10.6 Å². The molecule has 6 heteroatoms. The number of anilines is 1. The van der Waals surface area contributed by atoms with Crippen molar-refractivity contribution in [2.75, 3.05) is 32.5 Å². The van der Waals surface area contributed by atoms with Crippen LogP contribution in [0.4, 0.5) is 5.82 Å². The molecule has 0 aliphatic heterocycles. The van der Waals surface area contributed by atoms with Crippen LogP contribution in [0.2, 0.25) is 5.02 Å². The summed E-state index contributed by atoms with van der Waals surface area (Å²) in [5.74, 6) is 0.428. The van der Waals surface area contributed by atoms with Crippen molar-refractivity contribution in [2.45, 2.75) is 26.3 Å².